The SMILES string of the molecule is O=C(NCC1CCN(c2ccc(Cl)cc2)C1)c1cccc(F)c1. The number of rotatable bonds is 4. The number of carbonyl (C=O) groups is 1. The van der Waals surface area contributed by atoms with Gasteiger partial charge in [0.15, 0.2) is 0 Å². The summed E-state index contributed by atoms with van der Waals surface area (Å²) in [7, 11) is 0. The fraction of sp³-hybridized carbons (Fsp3) is 0.278. The van der Waals surface area contributed by atoms with E-state index in [1.165, 1.54) is 12.1 Å². The molecule has 1 unspecified atom stereocenters. The number of hydrogen-bond donors (Lipinski definition) is 1. The van der Waals surface area contributed by atoms with Crippen molar-refractivity contribution in [3.8, 4) is 0 Å². The van der Waals surface area contributed by atoms with Crippen molar-refractivity contribution in [3.63, 3.8) is 0 Å². The Labute approximate surface area is 140 Å². The van der Waals surface area contributed by atoms with Crippen molar-refractivity contribution in [2.24, 2.45) is 5.92 Å². The summed E-state index contributed by atoms with van der Waals surface area (Å²) in [6.07, 6.45) is 1.02. The van der Waals surface area contributed by atoms with Gasteiger partial charge in [-0.15, -0.1) is 0 Å². The van der Waals surface area contributed by atoms with E-state index in [1.54, 1.807) is 12.1 Å². The molecule has 1 atom stereocenters. The standard InChI is InChI=1S/C18H18ClFN2O/c19-15-4-6-17(7-5-15)22-9-8-13(12-22)11-21-18(23)14-2-1-3-16(20)10-14/h1-7,10,13H,8-9,11-12H2,(H,21,23). The number of benzene rings is 2. The predicted octanol–water partition coefficient (Wildman–Crippen LogP) is 3.74. The molecule has 23 heavy (non-hydrogen) atoms. The van der Waals surface area contributed by atoms with E-state index in [4.69, 9.17) is 11.6 Å². The Hall–Kier alpha value is -2.07. The summed E-state index contributed by atoms with van der Waals surface area (Å²) in [5.74, 6) is -0.231. The molecule has 120 valence electrons. The first-order chi connectivity index (χ1) is 11.1. The zero-order valence-electron chi connectivity index (χ0n) is 12.6. The summed E-state index contributed by atoms with van der Waals surface area (Å²) in [6.45, 7) is 2.45. The maximum Gasteiger partial charge on any atom is 0.251 e. The number of nitrogens with zero attached hydrogens (tertiary/aromatic N) is 1. The van der Waals surface area contributed by atoms with E-state index in [9.17, 15) is 9.18 Å². The van der Waals surface area contributed by atoms with Crippen LogP contribution in [0.1, 0.15) is 16.8 Å². The lowest BCUT2D eigenvalue weighted by atomic mass is 10.1. The number of hydrogen-bond acceptors (Lipinski definition) is 2. The summed E-state index contributed by atoms with van der Waals surface area (Å²) >= 11 is 5.91. The smallest absolute Gasteiger partial charge is 0.251 e. The summed E-state index contributed by atoms with van der Waals surface area (Å²) < 4.78 is 13.1. The molecule has 2 aromatic rings. The lowest BCUT2D eigenvalue weighted by molar-refractivity contribution is 0.0948. The van der Waals surface area contributed by atoms with Gasteiger partial charge in [0.25, 0.3) is 5.91 Å². The van der Waals surface area contributed by atoms with Gasteiger partial charge in [0, 0.05) is 35.9 Å². The quantitative estimate of drug-likeness (QED) is 0.925. The van der Waals surface area contributed by atoms with Crippen LogP contribution in [0, 0.1) is 11.7 Å². The topological polar surface area (TPSA) is 32.3 Å². The fourth-order valence-corrected chi connectivity index (χ4v) is 2.98. The van der Waals surface area contributed by atoms with E-state index in [1.807, 2.05) is 24.3 Å². The maximum atomic E-state index is 13.1. The van der Waals surface area contributed by atoms with E-state index in [2.05, 4.69) is 10.2 Å². The molecule has 0 radical (unpaired) electrons. The number of nitrogens with one attached hydrogen (secondary N) is 1. The molecule has 3 rings (SSSR count). The zero-order chi connectivity index (χ0) is 16.2. The Kier molecular flexibility index (Phi) is 4.82. The van der Waals surface area contributed by atoms with Crippen LogP contribution >= 0.6 is 11.6 Å². The van der Waals surface area contributed by atoms with Gasteiger partial charge in [0.2, 0.25) is 0 Å². The van der Waals surface area contributed by atoms with E-state index < -0.39 is 5.82 Å². The maximum absolute atomic E-state index is 13.1. The van der Waals surface area contributed by atoms with Gasteiger partial charge in [0.05, 0.1) is 0 Å². The van der Waals surface area contributed by atoms with Gasteiger partial charge >= 0.3 is 0 Å². The lowest BCUT2D eigenvalue weighted by Crippen LogP contribution is -2.31. The summed E-state index contributed by atoms with van der Waals surface area (Å²) in [6, 6.07) is 13.5. The van der Waals surface area contributed by atoms with Gasteiger partial charge in [-0.1, -0.05) is 17.7 Å². The van der Waals surface area contributed by atoms with Crippen LogP contribution in [0.4, 0.5) is 10.1 Å². The van der Waals surface area contributed by atoms with Crippen LogP contribution in [-0.2, 0) is 0 Å². The monoisotopic (exact) mass is 332 g/mol. The Balaban J connectivity index is 1.52. The van der Waals surface area contributed by atoms with E-state index in [0.29, 0.717) is 18.0 Å². The minimum Gasteiger partial charge on any atom is -0.371 e. The van der Waals surface area contributed by atoms with Crippen molar-refractivity contribution >= 4 is 23.2 Å². The summed E-state index contributed by atoms with van der Waals surface area (Å²) in [5, 5.41) is 3.62. The van der Waals surface area contributed by atoms with Gasteiger partial charge in [-0.05, 0) is 54.8 Å². The average Bonchev–Trinajstić information content (AvgIpc) is 3.02. The normalized spacial score (nSPS) is 17.3. The molecule has 0 spiro atoms. The lowest BCUT2D eigenvalue weighted by Gasteiger charge is -2.19. The highest BCUT2D eigenvalue weighted by molar-refractivity contribution is 6.30. The van der Waals surface area contributed by atoms with Crippen LogP contribution in [0.15, 0.2) is 48.5 Å². The zero-order valence-corrected chi connectivity index (χ0v) is 13.4. The second-order valence-corrected chi connectivity index (χ2v) is 6.23. The second-order valence-electron chi connectivity index (χ2n) is 5.80. The molecular formula is C18H18ClFN2O. The van der Waals surface area contributed by atoms with Crippen LogP contribution in [0.2, 0.25) is 5.02 Å². The number of carbonyl (C=O) groups excluding carboxylic acids is 1. The van der Waals surface area contributed by atoms with Crippen molar-refractivity contribution in [1.29, 1.82) is 0 Å². The molecule has 1 fully saturated rings. The molecule has 3 nitrogen and oxygen atoms in total. The number of halogens is 2. The van der Waals surface area contributed by atoms with Crippen LogP contribution in [0.25, 0.3) is 0 Å². The minimum atomic E-state index is -0.396. The number of amides is 1. The predicted molar refractivity (Wildman–Crippen MR) is 90.5 cm³/mol. The number of anilines is 1. The molecule has 1 N–H and O–H groups in total. The first kappa shape index (κ1) is 15.8. The molecule has 0 aliphatic carbocycles. The van der Waals surface area contributed by atoms with Gasteiger partial charge < -0.3 is 10.2 Å². The highest BCUT2D eigenvalue weighted by Gasteiger charge is 2.23. The van der Waals surface area contributed by atoms with Gasteiger partial charge in [0.1, 0.15) is 5.82 Å². The van der Waals surface area contributed by atoms with Gasteiger partial charge in [-0.25, -0.2) is 4.39 Å². The van der Waals surface area contributed by atoms with Gasteiger partial charge in [-0.3, -0.25) is 4.79 Å². The Morgan fingerprint density at radius 3 is 2.78 bits per heavy atom. The molecular weight excluding hydrogens is 315 g/mol. The van der Waals surface area contributed by atoms with Crippen LogP contribution in [0.3, 0.4) is 0 Å². The first-order valence-electron chi connectivity index (χ1n) is 7.66. The van der Waals surface area contributed by atoms with Crippen molar-refractivity contribution in [1.82, 2.24) is 5.32 Å². The molecule has 1 aliphatic rings. The fourth-order valence-electron chi connectivity index (χ4n) is 2.85. The molecule has 2 aromatic carbocycles. The molecule has 1 aliphatic heterocycles. The van der Waals surface area contributed by atoms with Crippen molar-refractivity contribution < 1.29 is 9.18 Å². The van der Waals surface area contributed by atoms with E-state index in [-0.39, 0.29) is 5.91 Å². The highest BCUT2D eigenvalue weighted by atomic mass is 35.5. The highest BCUT2D eigenvalue weighted by Crippen LogP contribution is 2.24. The Bertz CT molecular complexity index is 690. The summed E-state index contributed by atoms with van der Waals surface area (Å²) in [4.78, 5) is 14.3. The molecule has 0 saturated carbocycles. The van der Waals surface area contributed by atoms with Crippen molar-refractivity contribution in [2.45, 2.75) is 6.42 Å². The molecule has 1 saturated heterocycles. The third-order valence-corrected chi connectivity index (χ3v) is 4.37. The Morgan fingerprint density at radius 1 is 1.26 bits per heavy atom. The summed E-state index contributed by atoms with van der Waals surface area (Å²) in [5.41, 5.74) is 1.51. The average molecular weight is 333 g/mol. The Morgan fingerprint density at radius 2 is 2.04 bits per heavy atom. The van der Waals surface area contributed by atoms with Crippen LogP contribution < -0.4 is 10.2 Å². The minimum absolute atomic E-state index is 0.227. The van der Waals surface area contributed by atoms with Gasteiger partial charge in [-0.2, -0.15) is 0 Å². The molecule has 0 aromatic heterocycles. The molecule has 1 heterocycles. The molecule has 5 heteroatoms. The van der Waals surface area contributed by atoms with E-state index >= 15 is 0 Å². The van der Waals surface area contributed by atoms with Crippen LogP contribution in [0.5, 0.6) is 0 Å². The van der Waals surface area contributed by atoms with Crippen molar-refractivity contribution in [2.75, 3.05) is 24.5 Å². The molecule has 1 amide bonds. The van der Waals surface area contributed by atoms with Crippen LogP contribution in [-0.4, -0.2) is 25.5 Å². The van der Waals surface area contributed by atoms with Crippen molar-refractivity contribution in [3.05, 3.63) is 64.9 Å². The largest absolute Gasteiger partial charge is 0.371 e. The first-order valence-corrected chi connectivity index (χ1v) is 8.04. The molecule has 0 bridgehead atoms. The van der Waals surface area contributed by atoms with E-state index in [0.717, 1.165) is 30.2 Å². The second kappa shape index (κ2) is 7.01. The third kappa shape index (κ3) is 4.02. The third-order valence-electron chi connectivity index (χ3n) is 4.12.